The molecule has 1 fully saturated rings. The van der Waals surface area contributed by atoms with Crippen LogP contribution >= 0.6 is 0 Å². The highest BCUT2D eigenvalue weighted by molar-refractivity contribution is 6.29. The van der Waals surface area contributed by atoms with Crippen LogP contribution in [0.25, 0.3) is 11.6 Å². The molecule has 4 atom stereocenters. The molecule has 14 nitrogen and oxygen atoms in total. The highest BCUT2D eigenvalue weighted by atomic mass is 16.7. The van der Waals surface area contributed by atoms with Crippen molar-refractivity contribution in [1.82, 2.24) is 0 Å². The summed E-state index contributed by atoms with van der Waals surface area (Å²) in [5, 5.41) is 24.9. The number of phenols is 1. The first-order valence-corrected chi connectivity index (χ1v) is 16.9. The number of rotatable bonds is 11. The summed E-state index contributed by atoms with van der Waals surface area (Å²) in [5.74, 6) is -0.861. The van der Waals surface area contributed by atoms with E-state index < -0.39 is 35.7 Å². The summed E-state index contributed by atoms with van der Waals surface area (Å²) >= 11 is 0. The Bertz CT molecular complexity index is 2090. The maximum Gasteiger partial charge on any atom is 0.310 e. The van der Waals surface area contributed by atoms with E-state index in [2.05, 4.69) is 5.32 Å². The molecule has 1 aliphatic carbocycles. The Labute approximate surface area is 310 Å². The van der Waals surface area contributed by atoms with Crippen molar-refractivity contribution in [2.24, 2.45) is 11.8 Å². The summed E-state index contributed by atoms with van der Waals surface area (Å²) < 4.78 is 51.1. The molecule has 3 aliphatic rings. The average molecular weight is 742 g/mol. The van der Waals surface area contributed by atoms with E-state index in [1.54, 1.807) is 48.5 Å². The van der Waals surface area contributed by atoms with Gasteiger partial charge >= 0.3 is 5.97 Å². The number of amides is 1. The molecule has 3 N–H and O–H groups in total. The van der Waals surface area contributed by atoms with E-state index in [0.717, 1.165) is 0 Å². The van der Waals surface area contributed by atoms with Crippen molar-refractivity contribution in [3.63, 3.8) is 0 Å². The van der Waals surface area contributed by atoms with Crippen LogP contribution in [0.5, 0.6) is 51.7 Å². The molecule has 2 heterocycles. The number of hydrogen-bond acceptors (Lipinski definition) is 13. The first kappa shape index (κ1) is 36.1. The lowest BCUT2D eigenvalue weighted by atomic mass is 9.65. The van der Waals surface area contributed by atoms with Crippen molar-refractivity contribution >= 4 is 29.2 Å². The molecule has 2 aliphatic heterocycles. The largest absolute Gasteiger partial charge is 0.508 e. The highest BCUT2D eigenvalue weighted by Crippen LogP contribution is 2.59. The van der Waals surface area contributed by atoms with Gasteiger partial charge in [-0.3, -0.25) is 9.59 Å². The Morgan fingerprint density at radius 3 is 1.96 bits per heavy atom. The number of anilines is 1. The van der Waals surface area contributed by atoms with Crippen molar-refractivity contribution in [3.8, 4) is 51.7 Å². The first-order valence-electron chi connectivity index (χ1n) is 16.9. The van der Waals surface area contributed by atoms with Crippen LogP contribution in [0.15, 0.2) is 54.6 Å². The van der Waals surface area contributed by atoms with Gasteiger partial charge in [-0.2, -0.15) is 0 Å². The molecule has 0 bridgehead atoms. The van der Waals surface area contributed by atoms with Crippen LogP contribution in [0.3, 0.4) is 0 Å². The zero-order valence-electron chi connectivity index (χ0n) is 30.4. The quantitative estimate of drug-likeness (QED) is 0.103. The molecule has 0 saturated carbocycles. The minimum absolute atomic E-state index is 0.0121. The first-order chi connectivity index (χ1) is 26.1. The Kier molecular flexibility index (Phi) is 9.77. The Morgan fingerprint density at radius 1 is 0.796 bits per heavy atom. The molecular weight excluding hydrogens is 702 g/mol. The van der Waals surface area contributed by atoms with Gasteiger partial charge in [-0.15, -0.1) is 0 Å². The fourth-order valence-electron chi connectivity index (χ4n) is 7.50. The third kappa shape index (κ3) is 6.07. The number of fused-ring (bicyclic) bond motifs is 3. The SMILES string of the molecule is COc1cc(/C(=C\c2ccc(O)cc2)C(=O)Nc2c3c(cc4c2[C@@H](c2cc(OC)c(OC)c(OC)c2)[C@H]2C(=O)OC[C@@H]2[C@H]4O)OCO3)cc(OC)c1OC. The van der Waals surface area contributed by atoms with Crippen LogP contribution in [-0.2, 0) is 14.3 Å². The fraction of sp³-hybridized carbons (Fsp3) is 0.300. The second kappa shape index (κ2) is 14.6. The van der Waals surface area contributed by atoms with Gasteiger partial charge in [0.25, 0.3) is 5.91 Å². The Morgan fingerprint density at radius 2 is 1.39 bits per heavy atom. The van der Waals surface area contributed by atoms with Crippen LogP contribution in [-0.4, -0.2) is 78.1 Å². The standard InChI is InChI=1S/C40H39NO13/c1-46-26-12-20(13-27(47-2)36(26)50-5)23(11-19-7-9-22(42)10-8-19)39(44)41-34-32-24(16-30-38(34)54-18-53-30)35(43)25-17-52-40(45)33(25)31(32)21-14-28(48-3)37(51-6)29(15-21)49-4/h7-16,25,31,33,35,42-43H,17-18H2,1-6H3,(H,41,44)/b23-11+/t25-,31+,33-,35-/m0/s1. The van der Waals surface area contributed by atoms with Gasteiger partial charge in [-0.1, -0.05) is 12.1 Å². The molecule has 7 rings (SSSR count). The van der Waals surface area contributed by atoms with E-state index in [4.69, 9.17) is 42.6 Å². The summed E-state index contributed by atoms with van der Waals surface area (Å²) in [6.45, 7) is -0.161. The normalized spacial score (nSPS) is 19.6. The van der Waals surface area contributed by atoms with Gasteiger partial charge in [0, 0.05) is 17.4 Å². The molecule has 54 heavy (non-hydrogen) atoms. The number of benzene rings is 4. The van der Waals surface area contributed by atoms with Crippen molar-refractivity contribution in [1.29, 1.82) is 0 Å². The number of cyclic esters (lactones) is 1. The number of carbonyl (C=O) groups excluding carboxylic acids is 2. The van der Waals surface area contributed by atoms with Crippen molar-refractivity contribution in [3.05, 3.63) is 82.4 Å². The lowest BCUT2D eigenvalue weighted by molar-refractivity contribution is -0.141. The smallest absolute Gasteiger partial charge is 0.310 e. The van der Waals surface area contributed by atoms with E-state index in [9.17, 15) is 19.8 Å². The van der Waals surface area contributed by atoms with E-state index in [1.165, 1.54) is 54.8 Å². The molecule has 4 aromatic carbocycles. The topological polar surface area (TPSA) is 170 Å². The maximum atomic E-state index is 14.9. The minimum Gasteiger partial charge on any atom is -0.508 e. The predicted molar refractivity (Wildman–Crippen MR) is 194 cm³/mol. The summed E-state index contributed by atoms with van der Waals surface area (Å²) in [4.78, 5) is 28.5. The number of hydrogen-bond donors (Lipinski definition) is 3. The molecule has 4 aromatic rings. The zero-order valence-corrected chi connectivity index (χ0v) is 30.4. The van der Waals surface area contributed by atoms with Crippen LogP contribution in [0, 0.1) is 11.8 Å². The van der Waals surface area contributed by atoms with E-state index in [1.807, 2.05) is 0 Å². The number of methoxy groups -OCH3 is 6. The molecule has 1 saturated heterocycles. The number of ether oxygens (including phenoxy) is 9. The maximum absolute atomic E-state index is 14.9. The molecule has 282 valence electrons. The Hall–Kier alpha value is -6.28. The molecular formula is C40H39NO13. The van der Waals surface area contributed by atoms with Crippen molar-refractivity contribution in [2.75, 3.05) is 61.4 Å². The van der Waals surface area contributed by atoms with Gasteiger partial charge in [0.05, 0.1) is 67.0 Å². The number of carbonyl (C=O) groups is 2. The minimum atomic E-state index is -1.16. The molecule has 0 aromatic heterocycles. The predicted octanol–water partition coefficient (Wildman–Crippen LogP) is 5.32. The molecule has 0 spiro atoms. The number of phenolic OH excluding ortho intramolecular Hbond substituents is 1. The summed E-state index contributed by atoms with van der Waals surface area (Å²) in [7, 11) is 8.88. The van der Waals surface area contributed by atoms with Crippen LogP contribution < -0.4 is 43.2 Å². The van der Waals surface area contributed by atoms with E-state index in [-0.39, 0.29) is 36.2 Å². The molecule has 1 amide bonds. The summed E-state index contributed by atoms with van der Waals surface area (Å²) in [5.41, 5.74) is 2.75. The van der Waals surface area contributed by atoms with Crippen molar-refractivity contribution < 1.29 is 62.4 Å². The van der Waals surface area contributed by atoms with Gasteiger partial charge < -0.3 is 58.2 Å². The van der Waals surface area contributed by atoms with Crippen LogP contribution in [0.4, 0.5) is 5.69 Å². The van der Waals surface area contributed by atoms with Gasteiger partial charge in [-0.05, 0) is 76.4 Å². The lowest BCUT2D eigenvalue weighted by Gasteiger charge is -2.38. The average Bonchev–Trinajstić information content (AvgIpc) is 3.83. The monoisotopic (exact) mass is 741 g/mol. The zero-order chi connectivity index (χ0) is 38.3. The number of aliphatic hydroxyl groups excluding tert-OH is 1. The third-order valence-electron chi connectivity index (χ3n) is 9.99. The second-order valence-electron chi connectivity index (χ2n) is 12.7. The van der Waals surface area contributed by atoms with E-state index >= 15 is 0 Å². The molecule has 0 radical (unpaired) electrons. The van der Waals surface area contributed by atoms with Crippen LogP contribution in [0.1, 0.15) is 39.8 Å². The number of aromatic hydroxyl groups is 1. The summed E-state index contributed by atoms with van der Waals surface area (Å²) in [6.07, 6.45) is 0.472. The number of esters is 1. The third-order valence-corrected chi connectivity index (χ3v) is 9.99. The molecule has 0 unspecified atom stereocenters. The highest BCUT2D eigenvalue weighted by Gasteiger charge is 2.53. The Balaban J connectivity index is 1.45. The fourth-order valence-corrected chi connectivity index (χ4v) is 7.50. The van der Waals surface area contributed by atoms with Crippen LogP contribution in [0.2, 0.25) is 0 Å². The summed E-state index contributed by atoms with van der Waals surface area (Å²) in [6, 6.07) is 14.7. The number of aliphatic hydroxyl groups is 1. The van der Waals surface area contributed by atoms with Gasteiger partial charge in [0.1, 0.15) is 5.75 Å². The van der Waals surface area contributed by atoms with Gasteiger partial charge in [-0.25, -0.2) is 0 Å². The molecule has 14 heteroatoms. The second-order valence-corrected chi connectivity index (χ2v) is 12.7. The van der Waals surface area contributed by atoms with Gasteiger partial charge in [0.2, 0.25) is 18.3 Å². The van der Waals surface area contributed by atoms with E-state index in [0.29, 0.717) is 68.1 Å². The lowest BCUT2D eigenvalue weighted by Crippen LogP contribution is -2.35. The van der Waals surface area contributed by atoms with Crippen molar-refractivity contribution in [2.45, 2.75) is 12.0 Å². The number of nitrogens with one attached hydrogen (secondary N) is 1. The van der Waals surface area contributed by atoms with Gasteiger partial charge in [0.15, 0.2) is 34.5 Å².